The van der Waals surface area contributed by atoms with Crippen molar-refractivity contribution < 1.29 is 34.0 Å². The van der Waals surface area contributed by atoms with Crippen molar-refractivity contribution in [2.24, 2.45) is 0 Å². The summed E-state index contributed by atoms with van der Waals surface area (Å²) in [6.45, 7) is 4.43. The van der Waals surface area contributed by atoms with Crippen LogP contribution in [0.4, 0.5) is 0 Å². The second kappa shape index (κ2) is 23.4. The van der Waals surface area contributed by atoms with Gasteiger partial charge in [-0.1, -0.05) is 45.3 Å². The van der Waals surface area contributed by atoms with Gasteiger partial charge in [-0.15, -0.1) is 0 Å². The van der Waals surface area contributed by atoms with Crippen LogP contribution in [0.25, 0.3) is 0 Å². The summed E-state index contributed by atoms with van der Waals surface area (Å²) in [7, 11) is 0. The van der Waals surface area contributed by atoms with Crippen LogP contribution in [0.1, 0.15) is 52.4 Å². The van der Waals surface area contributed by atoms with E-state index in [4.69, 9.17) is 0 Å². The summed E-state index contributed by atoms with van der Waals surface area (Å²) in [4.78, 5) is 0. The van der Waals surface area contributed by atoms with Crippen molar-refractivity contribution in [2.75, 3.05) is 0 Å². The number of allylic oxidation sites excluding steroid dienone is 2. The maximum atomic E-state index is 2.30. The zero-order valence-corrected chi connectivity index (χ0v) is 13.4. The second-order valence-corrected chi connectivity index (χ2v) is 2.73. The third-order valence-corrected chi connectivity index (χ3v) is 1.63. The van der Waals surface area contributed by atoms with Gasteiger partial charge in [-0.3, -0.25) is 0 Å². The van der Waals surface area contributed by atoms with E-state index in [0.29, 0.717) is 0 Å². The Balaban J connectivity index is -0.000000135. The van der Waals surface area contributed by atoms with E-state index in [1.54, 1.807) is 0 Å². The molecule has 76 valence electrons. The molecule has 0 nitrogen and oxygen atoms in total. The first-order valence-corrected chi connectivity index (χ1v) is 4.56. The zero-order chi connectivity index (χ0) is 7.66. The second-order valence-electron chi connectivity index (χ2n) is 2.73. The van der Waals surface area contributed by atoms with Crippen LogP contribution < -0.4 is 34.0 Å². The van der Waals surface area contributed by atoms with E-state index >= 15 is 0 Å². The Morgan fingerprint density at radius 1 is 0.846 bits per heavy atom. The molecule has 0 bridgehead atoms. The molecule has 0 radical (unpaired) electrons. The van der Waals surface area contributed by atoms with Crippen molar-refractivity contribution in [2.45, 2.75) is 52.4 Å². The van der Waals surface area contributed by atoms with Crippen LogP contribution >= 0.6 is 0 Å². The van der Waals surface area contributed by atoms with Gasteiger partial charge < -0.3 is 34.0 Å². The summed E-state index contributed by atoms with van der Waals surface area (Å²) in [6, 6.07) is 0. The molecule has 0 aliphatic carbocycles. The molecule has 0 aromatic rings. The molecule has 0 spiro atoms. The fraction of sp³-hybridized carbons (Fsp3) is 0.800. The van der Waals surface area contributed by atoms with Crippen LogP contribution in [0.2, 0.25) is 0 Å². The fourth-order valence-corrected chi connectivity index (χ4v) is 0.973. The van der Waals surface area contributed by atoms with E-state index in [1.807, 2.05) is 0 Å². The summed E-state index contributed by atoms with van der Waals surface area (Å²) in [5, 5.41) is 0. The fourth-order valence-electron chi connectivity index (χ4n) is 0.973. The number of unbranched alkanes of at least 4 members (excludes halogenated alkanes) is 4. The Kier molecular flexibility index (Phi) is 43.0. The van der Waals surface area contributed by atoms with Gasteiger partial charge in [-0.2, -0.15) is 0 Å². The molecule has 0 aliphatic heterocycles. The smallest absolute Gasteiger partial charge is 1.00 e. The van der Waals surface area contributed by atoms with E-state index in [9.17, 15) is 0 Å². The minimum absolute atomic E-state index is 0. The molecule has 0 rings (SSSR count). The van der Waals surface area contributed by atoms with E-state index in [1.165, 1.54) is 38.5 Å². The molecule has 0 saturated carbocycles. The largest absolute Gasteiger partial charge is 2.00 e. The Bertz CT molecular complexity index is 85.0. The molecule has 0 atom stereocenters. The van der Waals surface area contributed by atoms with Gasteiger partial charge in [0.25, 0.3) is 0 Å². The molecular weight excluding hydrogens is 304 g/mol. The summed E-state index contributed by atoms with van der Waals surface area (Å²) < 4.78 is 0. The molecule has 0 aromatic heterocycles. The first-order chi connectivity index (χ1) is 4.91. The van der Waals surface area contributed by atoms with Crippen LogP contribution in [0.5, 0.6) is 0 Å². The summed E-state index contributed by atoms with van der Waals surface area (Å²) in [5.41, 5.74) is 0. The monoisotopic (exact) mass is 322 g/mol. The van der Waals surface area contributed by atoms with Gasteiger partial charge >= 0.3 is 23.1 Å². The molecule has 0 heterocycles. The van der Waals surface area contributed by atoms with Crippen LogP contribution in [0, 0.1) is 0 Å². The van der Waals surface area contributed by atoms with Crippen LogP contribution in [0.15, 0.2) is 12.2 Å². The topological polar surface area (TPSA) is 0 Å². The molecule has 0 fully saturated rings. The third kappa shape index (κ3) is 24.7. The van der Waals surface area contributed by atoms with Gasteiger partial charge in [0, 0.05) is 0 Å². The molecule has 3 heteroatoms. The molecule has 0 N–H and O–H groups in total. The Hall–Kier alpha value is 1.47. The summed E-state index contributed by atoms with van der Waals surface area (Å²) >= 11 is 0. The molecule has 13 heavy (non-hydrogen) atoms. The van der Waals surface area contributed by atoms with Gasteiger partial charge in [0.1, 0.15) is 0 Å². The summed E-state index contributed by atoms with van der Waals surface area (Å²) in [6.07, 6.45) is 12.6. The molecule has 0 unspecified atom stereocenters. The van der Waals surface area contributed by atoms with Crippen LogP contribution in [-0.4, -0.2) is 23.1 Å². The van der Waals surface area contributed by atoms with Crippen molar-refractivity contribution in [3.05, 3.63) is 12.2 Å². The first-order valence-electron chi connectivity index (χ1n) is 4.56. The van der Waals surface area contributed by atoms with Crippen molar-refractivity contribution in [1.82, 2.24) is 0 Å². The Morgan fingerprint density at radius 2 is 1.46 bits per heavy atom. The average molecular weight is 324 g/mol. The third-order valence-electron chi connectivity index (χ3n) is 1.63. The average Bonchev–Trinajstić information content (AvgIpc) is 1.97. The minimum Gasteiger partial charge on any atom is -1.00 e. The predicted molar refractivity (Wildman–Crippen MR) is 53.9 cm³/mol. The normalized spacial score (nSPS) is 8.46. The molecule has 0 aromatic carbocycles. The van der Waals surface area contributed by atoms with Gasteiger partial charge in [0.05, 0.1) is 0 Å². The van der Waals surface area contributed by atoms with Crippen molar-refractivity contribution in [1.29, 1.82) is 0 Å². The molecular formula is C10H20Br2Mg. The van der Waals surface area contributed by atoms with Crippen molar-refractivity contribution >= 4 is 23.1 Å². The maximum Gasteiger partial charge on any atom is 2.00 e. The number of halogens is 2. The number of rotatable bonds is 6. The molecule has 0 amide bonds. The van der Waals surface area contributed by atoms with Crippen molar-refractivity contribution in [3.8, 4) is 0 Å². The zero-order valence-electron chi connectivity index (χ0n) is 8.86. The van der Waals surface area contributed by atoms with E-state index in [-0.39, 0.29) is 57.0 Å². The quantitative estimate of drug-likeness (QED) is 0.289. The van der Waals surface area contributed by atoms with Crippen LogP contribution in [0.3, 0.4) is 0 Å². The van der Waals surface area contributed by atoms with E-state index in [0.717, 1.165) is 0 Å². The predicted octanol–water partition coefficient (Wildman–Crippen LogP) is -2.45. The maximum absolute atomic E-state index is 2.30. The molecule has 0 aliphatic rings. The van der Waals surface area contributed by atoms with Crippen molar-refractivity contribution in [3.63, 3.8) is 0 Å². The SMILES string of the molecule is CC/C=C\CCCCCC.[Br-].[Br-].[Mg+2]. The van der Waals surface area contributed by atoms with Crippen LogP contribution in [-0.2, 0) is 0 Å². The van der Waals surface area contributed by atoms with Gasteiger partial charge in [0.15, 0.2) is 0 Å². The van der Waals surface area contributed by atoms with E-state index in [2.05, 4.69) is 26.0 Å². The summed E-state index contributed by atoms with van der Waals surface area (Å²) in [5.74, 6) is 0. The number of hydrogen-bond acceptors (Lipinski definition) is 0. The Labute approximate surface area is 121 Å². The standard InChI is InChI=1S/C10H20.2BrH.Mg/c1-3-5-7-9-10-8-6-4-2;;;/h5,7H,3-4,6,8-10H2,1-2H3;2*1H;/q;;;+2/p-2/b7-5-;;;. The van der Waals surface area contributed by atoms with Gasteiger partial charge in [-0.05, 0) is 19.3 Å². The van der Waals surface area contributed by atoms with E-state index < -0.39 is 0 Å². The minimum atomic E-state index is 0. The molecule has 0 saturated heterocycles. The number of hydrogen-bond donors (Lipinski definition) is 0. The van der Waals surface area contributed by atoms with Gasteiger partial charge in [-0.25, -0.2) is 0 Å². The first kappa shape index (κ1) is 23.9. The Morgan fingerprint density at radius 3 is 1.92 bits per heavy atom. The van der Waals surface area contributed by atoms with Gasteiger partial charge in [0.2, 0.25) is 0 Å².